The van der Waals surface area contributed by atoms with Crippen LogP contribution in [0, 0.1) is 11.8 Å². The summed E-state index contributed by atoms with van der Waals surface area (Å²) in [6.45, 7) is 11.8. The molecule has 1 saturated heterocycles. The van der Waals surface area contributed by atoms with Crippen LogP contribution < -0.4 is 0 Å². The van der Waals surface area contributed by atoms with Gasteiger partial charge in [0, 0.05) is 0 Å². The van der Waals surface area contributed by atoms with Gasteiger partial charge in [-0.3, -0.25) is 4.90 Å². The summed E-state index contributed by atoms with van der Waals surface area (Å²) in [6, 6.07) is 0. The summed E-state index contributed by atoms with van der Waals surface area (Å²) in [4.78, 5) is 14.0. The standard InChI is InChI=1S/C17H27NO3/c1-6-13-8-7-9-14(13)10-11-20-15(19)18-16(2,3)12-21-17(18,4)5/h6,10-11,13-14H,1,7-9,12H2,2-5H3/b11-10-/t13-,14-/m0/s1/i11D. The molecule has 1 aliphatic heterocycles. The predicted molar refractivity (Wildman–Crippen MR) is 82.6 cm³/mol. The van der Waals surface area contributed by atoms with Crippen LogP contribution in [0.5, 0.6) is 0 Å². The second-order valence-corrected chi connectivity index (χ2v) is 7.03. The van der Waals surface area contributed by atoms with Gasteiger partial charge in [-0.15, -0.1) is 6.58 Å². The molecular formula is C17H27NO3. The molecular weight excluding hydrogens is 266 g/mol. The normalized spacial score (nSPS) is 31.9. The molecule has 2 rings (SSSR count). The maximum Gasteiger partial charge on any atom is 0.417 e. The molecule has 2 fully saturated rings. The molecule has 2 atom stereocenters. The Morgan fingerprint density at radius 3 is 2.62 bits per heavy atom. The first kappa shape index (κ1) is 14.6. The van der Waals surface area contributed by atoms with E-state index >= 15 is 0 Å². The number of ether oxygens (including phenoxy) is 2. The van der Waals surface area contributed by atoms with E-state index in [2.05, 4.69) is 6.58 Å². The molecule has 0 N–H and O–H groups in total. The minimum Gasteiger partial charge on any atom is -0.418 e. The lowest BCUT2D eigenvalue weighted by atomic mass is 9.96. The van der Waals surface area contributed by atoms with E-state index in [1.54, 1.807) is 11.0 Å². The number of rotatable bonds is 3. The second kappa shape index (κ2) is 5.84. The van der Waals surface area contributed by atoms with Crippen LogP contribution >= 0.6 is 0 Å². The Hall–Kier alpha value is -1.29. The van der Waals surface area contributed by atoms with Crippen molar-refractivity contribution < 1.29 is 15.6 Å². The monoisotopic (exact) mass is 294 g/mol. The van der Waals surface area contributed by atoms with Crippen molar-refractivity contribution in [2.24, 2.45) is 11.8 Å². The summed E-state index contributed by atoms with van der Waals surface area (Å²) < 4.78 is 18.9. The molecule has 4 nitrogen and oxygen atoms in total. The average molecular weight is 294 g/mol. The van der Waals surface area contributed by atoms with Crippen molar-refractivity contribution in [1.82, 2.24) is 4.90 Å². The molecule has 1 saturated carbocycles. The largest absolute Gasteiger partial charge is 0.418 e. The number of carbonyl (C=O) groups excluding carboxylic acids is 1. The van der Waals surface area contributed by atoms with E-state index in [1.807, 2.05) is 33.8 Å². The smallest absolute Gasteiger partial charge is 0.417 e. The van der Waals surface area contributed by atoms with E-state index in [1.165, 1.54) is 0 Å². The van der Waals surface area contributed by atoms with Gasteiger partial charge >= 0.3 is 6.09 Å². The minimum atomic E-state index is -0.724. The van der Waals surface area contributed by atoms with Crippen molar-refractivity contribution in [3.05, 3.63) is 25.0 Å². The number of nitrogens with zero attached hydrogens (tertiary/aromatic N) is 1. The van der Waals surface area contributed by atoms with Crippen molar-refractivity contribution >= 4 is 6.09 Å². The first-order chi connectivity index (χ1) is 10.2. The van der Waals surface area contributed by atoms with Gasteiger partial charge in [0.1, 0.15) is 7.10 Å². The lowest BCUT2D eigenvalue weighted by molar-refractivity contribution is -0.0463. The molecule has 2 aliphatic rings. The molecule has 0 aromatic carbocycles. The van der Waals surface area contributed by atoms with Crippen LogP contribution in [0.1, 0.15) is 48.3 Å². The van der Waals surface area contributed by atoms with E-state index in [0.717, 1.165) is 19.3 Å². The number of hydrogen-bond acceptors (Lipinski definition) is 3. The highest BCUT2D eigenvalue weighted by atomic mass is 16.6. The first-order valence-electron chi connectivity index (χ1n) is 8.14. The molecule has 0 unspecified atom stereocenters. The van der Waals surface area contributed by atoms with Gasteiger partial charge in [0.15, 0.2) is 0 Å². The zero-order valence-electron chi connectivity index (χ0n) is 14.5. The lowest BCUT2D eigenvalue weighted by Gasteiger charge is -2.36. The topological polar surface area (TPSA) is 38.8 Å². The van der Waals surface area contributed by atoms with Crippen molar-refractivity contribution in [3.63, 3.8) is 0 Å². The molecule has 1 aliphatic carbocycles. The van der Waals surface area contributed by atoms with Crippen LogP contribution in [-0.2, 0) is 9.47 Å². The molecule has 1 heterocycles. The van der Waals surface area contributed by atoms with Gasteiger partial charge in [0.25, 0.3) is 0 Å². The van der Waals surface area contributed by atoms with E-state index in [4.69, 9.17) is 10.8 Å². The van der Waals surface area contributed by atoms with Crippen molar-refractivity contribution in [2.75, 3.05) is 6.61 Å². The number of allylic oxidation sites excluding steroid dienone is 2. The van der Waals surface area contributed by atoms with Gasteiger partial charge in [-0.1, -0.05) is 12.5 Å². The van der Waals surface area contributed by atoms with Crippen LogP contribution in [0.4, 0.5) is 4.79 Å². The summed E-state index contributed by atoms with van der Waals surface area (Å²) in [5.41, 5.74) is -1.17. The minimum absolute atomic E-state index is 0.0812. The van der Waals surface area contributed by atoms with Gasteiger partial charge < -0.3 is 9.47 Å². The van der Waals surface area contributed by atoms with Gasteiger partial charge in [0.05, 0.1) is 18.4 Å². The van der Waals surface area contributed by atoms with E-state index in [0.29, 0.717) is 12.5 Å². The molecule has 118 valence electrons. The van der Waals surface area contributed by atoms with E-state index in [9.17, 15) is 4.79 Å². The Morgan fingerprint density at radius 1 is 1.38 bits per heavy atom. The third-order valence-electron chi connectivity index (χ3n) is 4.46. The molecule has 0 radical (unpaired) electrons. The molecule has 1 amide bonds. The van der Waals surface area contributed by atoms with Gasteiger partial charge in [-0.2, -0.15) is 0 Å². The Balaban J connectivity index is 2.06. The Kier molecular flexibility index (Phi) is 4.07. The van der Waals surface area contributed by atoms with Gasteiger partial charge in [0.2, 0.25) is 0 Å². The molecule has 0 bridgehead atoms. The van der Waals surface area contributed by atoms with Gasteiger partial charge in [-0.05, 0) is 58.4 Å². The predicted octanol–water partition coefficient (Wildman–Crippen LogP) is 4.09. The van der Waals surface area contributed by atoms with Crippen molar-refractivity contribution in [2.45, 2.75) is 58.2 Å². The molecule has 0 spiro atoms. The van der Waals surface area contributed by atoms with Crippen LogP contribution in [-0.4, -0.2) is 28.9 Å². The summed E-state index contributed by atoms with van der Waals surface area (Å²) >= 11 is 0. The molecule has 0 aromatic rings. The lowest BCUT2D eigenvalue weighted by Crippen LogP contribution is -2.52. The van der Waals surface area contributed by atoms with E-state index < -0.39 is 17.4 Å². The molecule has 4 heteroatoms. The fourth-order valence-electron chi connectivity index (χ4n) is 3.41. The Morgan fingerprint density at radius 2 is 2.05 bits per heavy atom. The van der Waals surface area contributed by atoms with Crippen molar-refractivity contribution in [1.29, 1.82) is 0 Å². The second-order valence-electron chi connectivity index (χ2n) is 7.03. The third kappa shape index (κ3) is 3.31. The fraction of sp³-hybridized carbons (Fsp3) is 0.706. The van der Waals surface area contributed by atoms with Crippen LogP contribution in [0.2, 0.25) is 0 Å². The maximum absolute atomic E-state index is 12.5. The first-order valence-corrected chi connectivity index (χ1v) is 7.64. The molecule has 21 heavy (non-hydrogen) atoms. The van der Waals surface area contributed by atoms with Gasteiger partial charge in [-0.25, -0.2) is 4.79 Å². The van der Waals surface area contributed by atoms with Crippen LogP contribution in [0.25, 0.3) is 0 Å². The van der Waals surface area contributed by atoms with E-state index in [-0.39, 0.29) is 12.2 Å². The third-order valence-corrected chi connectivity index (χ3v) is 4.46. The molecule has 0 aromatic heterocycles. The highest BCUT2D eigenvalue weighted by molar-refractivity contribution is 5.70. The highest BCUT2D eigenvalue weighted by Crippen LogP contribution is 2.36. The number of hydrogen-bond donors (Lipinski definition) is 0. The average Bonchev–Trinajstić information content (AvgIpc) is 2.91. The van der Waals surface area contributed by atoms with Crippen LogP contribution in [0.15, 0.2) is 25.0 Å². The zero-order chi connectivity index (χ0) is 16.5. The quantitative estimate of drug-likeness (QED) is 0.581. The SMILES string of the molecule is [2H]/C(=C/[C@@H]1CCC[C@@H]1C=C)OC(=O)N1C(C)(C)COC1(C)C. The fourth-order valence-corrected chi connectivity index (χ4v) is 3.41. The summed E-state index contributed by atoms with van der Waals surface area (Å²) in [5, 5.41) is 0. The van der Waals surface area contributed by atoms with Crippen molar-refractivity contribution in [3.8, 4) is 0 Å². The Bertz CT molecular complexity index is 468. The van der Waals surface area contributed by atoms with Crippen LogP contribution in [0.3, 0.4) is 0 Å². The number of amides is 1. The highest BCUT2D eigenvalue weighted by Gasteiger charge is 2.49. The summed E-state index contributed by atoms with van der Waals surface area (Å²) in [7, 11) is 0. The maximum atomic E-state index is 12.5. The zero-order valence-corrected chi connectivity index (χ0v) is 13.5. The Labute approximate surface area is 129 Å². The summed E-state index contributed by atoms with van der Waals surface area (Å²) in [6.07, 6.45) is 6.30. The number of carbonyl (C=O) groups is 1. The summed E-state index contributed by atoms with van der Waals surface area (Å²) in [5.74, 6) is 0.621.